The summed E-state index contributed by atoms with van der Waals surface area (Å²) >= 11 is 1.54. The molecule has 3 amide bonds. The predicted molar refractivity (Wildman–Crippen MR) is 104 cm³/mol. The maximum atomic E-state index is 12.4. The van der Waals surface area contributed by atoms with E-state index in [0.29, 0.717) is 5.69 Å². The zero-order valence-electron chi connectivity index (χ0n) is 15.3. The molecule has 28 heavy (non-hydrogen) atoms. The summed E-state index contributed by atoms with van der Waals surface area (Å²) in [4.78, 5) is 51.0. The molecule has 0 saturated heterocycles. The van der Waals surface area contributed by atoms with Crippen LogP contribution >= 0.6 is 11.8 Å². The van der Waals surface area contributed by atoms with Crippen LogP contribution in [0.2, 0.25) is 0 Å². The number of thioether (sulfide) groups is 1. The standard InChI is InChI=1S/C20H18N2O5S/c1-12(22-18(24)15-8-3-4-9-16(15)19(22)25)20(26)27-11-17(23)21-13-6-5-7-14(10-13)28-2/h3-10,12H,11H2,1-2H3,(H,21,23). The summed E-state index contributed by atoms with van der Waals surface area (Å²) in [7, 11) is 0. The molecule has 0 spiro atoms. The third-order valence-electron chi connectivity index (χ3n) is 4.25. The van der Waals surface area contributed by atoms with Crippen molar-refractivity contribution in [3.05, 3.63) is 59.7 Å². The van der Waals surface area contributed by atoms with E-state index < -0.39 is 36.3 Å². The van der Waals surface area contributed by atoms with Crippen LogP contribution in [0.3, 0.4) is 0 Å². The monoisotopic (exact) mass is 398 g/mol. The van der Waals surface area contributed by atoms with Gasteiger partial charge in [-0.15, -0.1) is 11.8 Å². The Morgan fingerprint density at radius 2 is 1.71 bits per heavy atom. The van der Waals surface area contributed by atoms with E-state index in [1.165, 1.54) is 30.8 Å². The molecular formula is C20H18N2O5S. The fraction of sp³-hybridized carbons (Fsp3) is 0.200. The third-order valence-corrected chi connectivity index (χ3v) is 4.98. The van der Waals surface area contributed by atoms with E-state index in [9.17, 15) is 19.2 Å². The molecule has 1 unspecified atom stereocenters. The number of fused-ring (bicyclic) bond motifs is 1. The predicted octanol–water partition coefficient (Wildman–Crippen LogP) is 2.57. The number of ether oxygens (including phenoxy) is 1. The van der Waals surface area contributed by atoms with Gasteiger partial charge in [0.2, 0.25) is 0 Å². The van der Waals surface area contributed by atoms with Crippen molar-refractivity contribution in [3.63, 3.8) is 0 Å². The lowest BCUT2D eigenvalue weighted by Gasteiger charge is -2.20. The highest BCUT2D eigenvalue weighted by molar-refractivity contribution is 7.98. The van der Waals surface area contributed by atoms with Gasteiger partial charge in [0.05, 0.1) is 11.1 Å². The second kappa shape index (κ2) is 8.26. The van der Waals surface area contributed by atoms with Gasteiger partial charge in [0.15, 0.2) is 6.61 Å². The van der Waals surface area contributed by atoms with Gasteiger partial charge in [-0.2, -0.15) is 0 Å². The summed E-state index contributed by atoms with van der Waals surface area (Å²) in [5.41, 5.74) is 1.08. The van der Waals surface area contributed by atoms with Crippen molar-refractivity contribution in [2.24, 2.45) is 0 Å². The molecule has 144 valence electrons. The number of hydrogen-bond acceptors (Lipinski definition) is 6. The van der Waals surface area contributed by atoms with Crippen LogP contribution in [0.4, 0.5) is 5.69 Å². The number of benzene rings is 2. The second-order valence-electron chi connectivity index (χ2n) is 6.09. The van der Waals surface area contributed by atoms with Crippen molar-refractivity contribution >= 4 is 41.1 Å². The molecule has 0 bridgehead atoms. The first-order chi connectivity index (χ1) is 13.4. The second-order valence-corrected chi connectivity index (χ2v) is 6.97. The minimum Gasteiger partial charge on any atom is -0.454 e. The number of imide groups is 1. The number of carbonyl (C=O) groups is 4. The molecule has 0 aromatic heterocycles. The maximum Gasteiger partial charge on any atom is 0.329 e. The summed E-state index contributed by atoms with van der Waals surface area (Å²) in [6.07, 6.45) is 1.92. The van der Waals surface area contributed by atoms with Crippen molar-refractivity contribution in [1.82, 2.24) is 4.90 Å². The number of amides is 3. The average Bonchev–Trinajstić information content (AvgIpc) is 2.96. The third kappa shape index (κ3) is 3.91. The first-order valence-corrected chi connectivity index (χ1v) is 9.72. The molecule has 0 fully saturated rings. The molecule has 0 saturated carbocycles. The van der Waals surface area contributed by atoms with E-state index >= 15 is 0 Å². The lowest BCUT2D eigenvalue weighted by atomic mass is 10.1. The quantitative estimate of drug-likeness (QED) is 0.457. The van der Waals surface area contributed by atoms with Gasteiger partial charge >= 0.3 is 5.97 Å². The Morgan fingerprint density at radius 1 is 1.07 bits per heavy atom. The topological polar surface area (TPSA) is 92.8 Å². The van der Waals surface area contributed by atoms with Crippen LogP contribution in [0.25, 0.3) is 0 Å². The molecule has 0 radical (unpaired) electrons. The van der Waals surface area contributed by atoms with Gasteiger partial charge in [-0.1, -0.05) is 18.2 Å². The highest BCUT2D eigenvalue weighted by Gasteiger charge is 2.41. The van der Waals surface area contributed by atoms with Crippen molar-refractivity contribution in [1.29, 1.82) is 0 Å². The number of anilines is 1. The van der Waals surface area contributed by atoms with Gasteiger partial charge in [0.25, 0.3) is 17.7 Å². The van der Waals surface area contributed by atoms with Gasteiger partial charge in [-0.05, 0) is 43.5 Å². The number of esters is 1. The van der Waals surface area contributed by atoms with E-state index in [1.807, 2.05) is 12.3 Å². The van der Waals surface area contributed by atoms with Crippen LogP contribution in [0.5, 0.6) is 0 Å². The SMILES string of the molecule is CSc1cccc(NC(=O)COC(=O)C(C)N2C(=O)c3ccccc3C2=O)c1. The van der Waals surface area contributed by atoms with Crippen molar-refractivity contribution in [3.8, 4) is 0 Å². The van der Waals surface area contributed by atoms with Crippen LogP contribution in [-0.4, -0.2) is 47.5 Å². The summed E-state index contributed by atoms with van der Waals surface area (Å²) < 4.78 is 5.00. The van der Waals surface area contributed by atoms with E-state index in [2.05, 4.69) is 5.32 Å². The molecule has 1 aliphatic rings. The molecule has 1 atom stereocenters. The Labute approximate surface area is 166 Å². The molecule has 2 aromatic rings. The van der Waals surface area contributed by atoms with E-state index in [1.54, 1.807) is 30.3 Å². The Morgan fingerprint density at radius 3 is 2.32 bits per heavy atom. The summed E-state index contributed by atoms with van der Waals surface area (Å²) in [6.45, 7) is 0.875. The molecule has 3 rings (SSSR count). The first kappa shape index (κ1) is 19.6. The number of carbonyl (C=O) groups excluding carboxylic acids is 4. The van der Waals surface area contributed by atoms with Gasteiger partial charge in [0, 0.05) is 10.6 Å². The van der Waals surface area contributed by atoms with Crippen LogP contribution in [0.1, 0.15) is 27.6 Å². The van der Waals surface area contributed by atoms with Gasteiger partial charge in [0.1, 0.15) is 6.04 Å². The Hall–Kier alpha value is -3.13. The van der Waals surface area contributed by atoms with Crippen LogP contribution in [0, 0.1) is 0 Å². The van der Waals surface area contributed by atoms with Crippen LogP contribution < -0.4 is 5.32 Å². The molecule has 1 aliphatic heterocycles. The summed E-state index contributed by atoms with van der Waals surface area (Å²) in [5.74, 6) is -2.45. The van der Waals surface area contributed by atoms with E-state index in [0.717, 1.165) is 9.80 Å². The smallest absolute Gasteiger partial charge is 0.329 e. The molecule has 8 heteroatoms. The molecule has 2 aromatic carbocycles. The number of hydrogen-bond donors (Lipinski definition) is 1. The van der Waals surface area contributed by atoms with Crippen molar-refractivity contribution < 1.29 is 23.9 Å². The maximum absolute atomic E-state index is 12.4. The Kier molecular flexibility index (Phi) is 5.79. The van der Waals surface area contributed by atoms with Crippen molar-refractivity contribution in [2.45, 2.75) is 17.9 Å². The van der Waals surface area contributed by atoms with Gasteiger partial charge < -0.3 is 10.1 Å². The largest absolute Gasteiger partial charge is 0.454 e. The van der Waals surface area contributed by atoms with Crippen LogP contribution in [-0.2, 0) is 14.3 Å². The lowest BCUT2D eigenvalue weighted by molar-refractivity contribution is -0.150. The van der Waals surface area contributed by atoms with Gasteiger partial charge in [-0.3, -0.25) is 19.3 Å². The molecule has 0 aliphatic carbocycles. The minimum atomic E-state index is -1.14. The van der Waals surface area contributed by atoms with Crippen LogP contribution in [0.15, 0.2) is 53.4 Å². The van der Waals surface area contributed by atoms with Crippen molar-refractivity contribution in [2.75, 3.05) is 18.2 Å². The minimum absolute atomic E-state index is 0.249. The fourth-order valence-corrected chi connectivity index (χ4v) is 3.28. The van der Waals surface area contributed by atoms with E-state index in [-0.39, 0.29) is 11.1 Å². The number of nitrogens with one attached hydrogen (secondary N) is 1. The Bertz CT molecular complexity index is 924. The molecule has 7 nitrogen and oxygen atoms in total. The van der Waals surface area contributed by atoms with E-state index in [4.69, 9.17) is 4.74 Å². The first-order valence-electron chi connectivity index (χ1n) is 8.50. The zero-order valence-corrected chi connectivity index (χ0v) is 16.1. The highest BCUT2D eigenvalue weighted by atomic mass is 32.2. The Balaban J connectivity index is 1.58. The molecule has 1 N–H and O–H groups in total. The molecular weight excluding hydrogens is 380 g/mol. The fourth-order valence-electron chi connectivity index (χ4n) is 2.82. The zero-order chi connectivity index (χ0) is 20.3. The lowest BCUT2D eigenvalue weighted by Crippen LogP contribution is -2.44. The van der Waals surface area contributed by atoms with Gasteiger partial charge in [-0.25, -0.2) is 4.79 Å². The number of nitrogens with zero attached hydrogens (tertiary/aromatic N) is 1. The normalized spacial score (nSPS) is 13.9. The highest BCUT2D eigenvalue weighted by Crippen LogP contribution is 2.24. The number of rotatable bonds is 6. The summed E-state index contributed by atoms with van der Waals surface area (Å²) in [6, 6.07) is 12.4. The molecule has 1 heterocycles. The summed E-state index contributed by atoms with van der Waals surface area (Å²) in [5, 5.41) is 2.64. The average molecular weight is 398 g/mol.